The number of aldehydes is 1. The Morgan fingerprint density at radius 2 is 1.97 bits per heavy atom. The summed E-state index contributed by atoms with van der Waals surface area (Å²) in [5.74, 6) is 1.50. The molecule has 33 heavy (non-hydrogen) atoms. The summed E-state index contributed by atoms with van der Waals surface area (Å²) in [6, 6.07) is 8.49. The SMILES string of the molecule is Nc1ncnc2c1c(-c1cccc(OC[C@]34CC[C@H](CC3)O4)c1)cn2C1CCC(C=O)CC1. The number of nitrogens with two attached hydrogens (primary N) is 1. The summed E-state index contributed by atoms with van der Waals surface area (Å²) in [5.41, 5.74) is 9.15. The van der Waals surface area contributed by atoms with Gasteiger partial charge in [-0.25, -0.2) is 9.97 Å². The molecule has 6 rings (SSSR count). The van der Waals surface area contributed by atoms with Gasteiger partial charge in [0.15, 0.2) is 0 Å². The lowest BCUT2D eigenvalue weighted by Gasteiger charge is -2.27. The number of aromatic nitrogens is 3. The molecular formula is C26H30N4O3. The Labute approximate surface area is 193 Å². The second kappa shape index (κ2) is 8.13. The van der Waals surface area contributed by atoms with E-state index in [9.17, 15) is 4.79 Å². The largest absolute Gasteiger partial charge is 0.491 e. The third kappa shape index (κ3) is 3.68. The average molecular weight is 447 g/mol. The van der Waals surface area contributed by atoms with Gasteiger partial charge in [-0.2, -0.15) is 0 Å². The van der Waals surface area contributed by atoms with Crippen molar-refractivity contribution < 1.29 is 14.3 Å². The maximum atomic E-state index is 11.2. The van der Waals surface area contributed by atoms with Crippen molar-refractivity contribution in [1.82, 2.24) is 14.5 Å². The predicted octanol–water partition coefficient (Wildman–Crippen LogP) is 4.70. The van der Waals surface area contributed by atoms with Gasteiger partial charge < -0.3 is 24.6 Å². The highest BCUT2D eigenvalue weighted by molar-refractivity contribution is 6.00. The van der Waals surface area contributed by atoms with E-state index in [0.717, 1.165) is 85.6 Å². The Morgan fingerprint density at radius 1 is 1.15 bits per heavy atom. The molecule has 2 aromatic heterocycles. The van der Waals surface area contributed by atoms with Crippen LogP contribution in [0.2, 0.25) is 0 Å². The van der Waals surface area contributed by atoms with E-state index < -0.39 is 0 Å². The number of rotatable bonds is 6. The van der Waals surface area contributed by atoms with Gasteiger partial charge in [0.25, 0.3) is 0 Å². The first-order valence-electron chi connectivity index (χ1n) is 12.1. The molecule has 2 saturated heterocycles. The third-order valence-corrected chi connectivity index (χ3v) is 7.87. The van der Waals surface area contributed by atoms with E-state index in [2.05, 4.69) is 32.9 Å². The molecule has 3 aromatic rings. The highest BCUT2D eigenvalue weighted by atomic mass is 16.6. The molecule has 1 aromatic carbocycles. The number of nitrogens with zero attached hydrogens (tertiary/aromatic N) is 3. The molecule has 7 heteroatoms. The van der Waals surface area contributed by atoms with Gasteiger partial charge in [-0.05, 0) is 69.1 Å². The molecule has 1 saturated carbocycles. The Kier molecular flexibility index (Phi) is 5.09. The molecule has 0 spiro atoms. The van der Waals surface area contributed by atoms with Gasteiger partial charge in [-0.15, -0.1) is 0 Å². The Balaban J connectivity index is 1.31. The molecule has 2 bridgehead atoms. The fraction of sp³-hybridized carbons (Fsp3) is 0.500. The van der Waals surface area contributed by atoms with Crippen molar-refractivity contribution >= 4 is 23.1 Å². The van der Waals surface area contributed by atoms with E-state index in [0.29, 0.717) is 24.6 Å². The molecule has 4 heterocycles. The summed E-state index contributed by atoms with van der Waals surface area (Å²) in [4.78, 5) is 20.1. The summed E-state index contributed by atoms with van der Waals surface area (Å²) in [5, 5.41) is 0.878. The normalized spacial score (nSPS) is 28.9. The topological polar surface area (TPSA) is 92.3 Å². The standard InChI is InChI=1S/C26H30N4O3/c27-24-23-22(13-30(25(23)29-16-28-24)19-6-4-17(14-31)5-7-19)18-2-1-3-21(12-18)32-15-26-10-8-20(33-26)9-11-26/h1-3,12-14,16-17,19-20H,4-11,15H2,(H2,27,28,29)/t17?,19?,20-,26+. The third-order valence-electron chi connectivity index (χ3n) is 7.87. The van der Waals surface area contributed by atoms with E-state index in [1.807, 2.05) is 12.1 Å². The van der Waals surface area contributed by atoms with Crippen LogP contribution >= 0.6 is 0 Å². The highest BCUT2D eigenvalue weighted by Gasteiger charge is 2.46. The van der Waals surface area contributed by atoms with E-state index in [-0.39, 0.29) is 11.5 Å². The lowest BCUT2D eigenvalue weighted by atomic mass is 9.87. The van der Waals surface area contributed by atoms with Crippen LogP contribution in [0.25, 0.3) is 22.2 Å². The zero-order chi connectivity index (χ0) is 22.4. The fourth-order valence-corrected chi connectivity index (χ4v) is 5.97. The van der Waals surface area contributed by atoms with Crippen LogP contribution in [-0.4, -0.2) is 39.1 Å². The van der Waals surface area contributed by atoms with Crippen LogP contribution in [-0.2, 0) is 9.53 Å². The minimum absolute atomic E-state index is 0.102. The molecular weight excluding hydrogens is 416 g/mol. The van der Waals surface area contributed by atoms with Crippen molar-refractivity contribution in [3.8, 4) is 16.9 Å². The molecule has 0 atom stereocenters. The van der Waals surface area contributed by atoms with Crippen LogP contribution in [0.1, 0.15) is 57.4 Å². The van der Waals surface area contributed by atoms with Crippen LogP contribution in [0.3, 0.4) is 0 Å². The number of nitrogen functional groups attached to an aromatic ring is 1. The van der Waals surface area contributed by atoms with Crippen molar-refractivity contribution in [3.05, 3.63) is 36.8 Å². The molecule has 172 valence electrons. The van der Waals surface area contributed by atoms with Crippen LogP contribution in [0.4, 0.5) is 5.82 Å². The molecule has 0 amide bonds. The van der Waals surface area contributed by atoms with Gasteiger partial charge >= 0.3 is 0 Å². The van der Waals surface area contributed by atoms with Gasteiger partial charge in [-0.1, -0.05) is 12.1 Å². The quantitative estimate of drug-likeness (QED) is 0.552. The number of carbonyl (C=O) groups excluding carboxylic acids is 1. The van der Waals surface area contributed by atoms with E-state index >= 15 is 0 Å². The van der Waals surface area contributed by atoms with Gasteiger partial charge in [0, 0.05) is 23.7 Å². The molecule has 2 N–H and O–H groups in total. The van der Waals surface area contributed by atoms with Gasteiger partial charge in [-0.3, -0.25) is 0 Å². The number of ether oxygens (including phenoxy) is 2. The zero-order valence-corrected chi connectivity index (χ0v) is 18.8. The van der Waals surface area contributed by atoms with Crippen molar-refractivity contribution in [2.24, 2.45) is 5.92 Å². The predicted molar refractivity (Wildman–Crippen MR) is 126 cm³/mol. The minimum Gasteiger partial charge on any atom is -0.491 e. The smallest absolute Gasteiger partial charge is 0.146 e. The summed E-state index contributed by atoms with van der Waals surface area (Å²) in [6.45, 7) is 0.597. The average Bonchev–Trinajstić information content (AvgIpc) is 3.57. The number of hydrogen-bond donors (Lipinski definition) is 1. The number of hydrogen-bond acceptors (Lipinski definition) is 6. The Bertz CT molecular complexity index is 1170. The molecule has 0 radical (unpaired) electrons. The van der Waals surface area contributed by atoms with E-state index in [1.54, 1.807) is 0 Å². The maximum absolute atomic E-state index is 11.2. The first-order chi connectivity index (χ1) is 16.1. The summed E-state index contributed by atoms with van der Waals surface area (Å²) in [7, 11) is 0. The maximum Gasteiger partial charge on any atom is 0.146 e. The number of fused-ring (bicyclic) bond motifs is 3. The molecule has 0 unspecified atom stereocenters. The summed E-state index contributed by atoms with van der Waals surface area (Å²) < 4.78 is 14.6. The van der Waals surface area contributed by atoms with Gasteiger partial charge in [0.1, 0.15) is 42.0 Å². The number of anilines is 1. The first-order valence-corrected chi connectivity index (χ1v) is 12.1. The van der Waals surface area contributed by atoms with Crippen molar-refractivity contribution in [1.29, 1.82) is 0 Å². The van der Waals surface area contributed by atoms with Crippen molar-refractivity contribution in [2.45, 2.75) is 69.1 Å². The van der Waals surface area contributed by atoms with E-state index in [4.69, 9.17) is 15.2 Å². The molecule has 2 aliphatic heterocycles. The molecule has 3 fully saturated rings. The zero-order valence-electron chi connectivity index (χ0n) is 18.8. The summed E-state index contributed by atoms with van der Waals surface area (Å²) in [6.07, 6.45) is 13.4. The van der Waals surface area contributed by atoms with Crippen LogP contribution in [0.15, 0.2) is 36.8 Å². The van der Waals surface area contributed by atoms with E-state index in [1.165, 1.54) is 6.33 Å². The van der Waals surface area contributed by atoms with Crippen molar-refractivity contribution in [2.75, 3.05) is 12.3 Å². The minimum atomic E-state index is -0.102. The molecule has 3 aliphatic rings. The number of benzene rings is 1. The molecule has 1 aliphatic carbocycles. The second-order valence-electron chi connectivity index (χ2n) is 9.93. The molecule has 7 nitrogen and oxygen atoms in total. The van der Waals surface area contributed by atoms with Crippen LogP contribution in [0, 0.1) is 5.92 Å². The fourth-order valence-electron chi connectivity index (χ4n) is 5.97. The Hall–Kier alpha value is -2.93. The lowest BCUT2D eigenvalue weighted by Crippen LogP contribution is -2.32. The monoisotopic (exact) mass is 446 g/mol. The van der Waals surface area contributed by atoms with Crippen LogP contribution < -0.4 is 10.5 Å². The number of carbonyl (C=O) groups is 1. The van der Waals surface area contributed by atoms with Gasteiger partial charge in [0.05, 0.1) is 11.5 Å². The highest BCUT2D eigenvalue weighted by Crippen LogP contribution is 2.44. The lowest BCUT2D eigenvalue weighted by molar-refractivity contribution is -0.112. The summed E-state index contributed by atoms with van der Waals surface area (Å²) >= 11 is 0. The first kappa shape index (κ1) is 20.7. The Morgan fingerprint density at radius 3 is 2.70 bits per heavy atom. The van der Waals surface area contributed by atoms with Crippen molar-refractivity contribution in [3.63, 3.8) is 0 Å². The van der Waals surface area contributed by atoms with Crippen LogP contribution in [0.5, 0.6) is 5.75 Å². The second-order valence-corrected chi connectivity index (χ2v) is 9.93. The van der Waals surface area contributed by atoms with Gasteiger partial charge in [0.2, 0.25) is 0 Å².